The first-order valence-corrected chi connectivity index (χ1v) is 10.6. The number of hydrogen-bond donors (Lipinski definition) is 11. The van der Waals surface area contributed by atoms with Gasteiger partial charge in [0.2, 0.25) is 0 Å². The van der Waals surface area contributed by atoms with E-state index in [9.17, 15) is 56.2 Å². The maximum atomic E-state index is 10.8. The molecule has 11 N–H and O–H groups in total. The van der Waals surface area contributed by atoms with Crippen molar-refractivity contribution in [3.05, 3.63) is 0 Å². The maximum Gasteiger partial charge on any atom is 0.187 e. The van der Waals surface area contributed by atoms with Crippen molar-refractivity contribution >= 4 is 0 Å². The summed E-state index contributed by atoms with van der Waals surface area (Å²) in [4.78, 5) is 0. The van der Waals surface area contributed by atoms with Gasteiger partial charge < -0.3 is 79.9 Å². The van der Waals surface area contributed by atoms with Crippen LogP contribution in [-0.4, -0.2) is 168 Å². The van der Waals surface area contributed by atoms with Crippen LogP contribution in [0.4, 0.5) is 0 Å². The fourth-order valence-corrected chi connectivity index (χ4v) is 4.05. The quantitative estimate of drug-likeness (QED) is 0.154. The van der Waals surface area contributed by atoms with Gasteiger partial charge >= 0.3 is 0 Å². The van der Waals surface area contributed by atoms with E-state index in [1.54, 1.807) is 0 Å². The second-order valence-electron chi connectivity index (χ2n) is 8.33. The first kappa shape index (κ1) is 27.9. The van der Waals surface area contributed by atoms with E-state index in [1.807, 2.05) is 0 Å². The van der Waals surface area contributed by atoms with Gasteiger partial charge in [0, 0.05) is 0 Å². The van der Waals surface area contributed by atoms with Crippen LogP contribution in [0.5, 0.6) is 0 Å². The van der Waals surface area contributed by atoms with E-state index < -0.39 is 112 Å². The molecule has 34 heavy (non-hydrogen) atoms. The predicted octanol–water partition coefficient (Wildman–Crippen LogP) is -7.57. The van der Waals surface area contributed by atoms with Gasteiger partial charge in [-0.05, 0) is 0 Å². The largest absolute Gasteiger partial charge is 0.394 e. The monoisotopic (exact) mass is 504 g/mol. The molecule has 0 aromatic rings. The second-order valence-corrected chi connectivity index (χ2v) is 8.33. The lowest BCUT2D eigenvalue weighted by atomic mass is 9.96. The molecule has 3 fully saturated rings. The summed E-state index contributed by atoms with van der Waals surface area (Å²) in [6.07, 6.45) is -25.4. The third-order valence-corrected chi connectivity index (χ3v) is 6.09. The first-order valence-electron chi connectivity index (χ1n) is 10.6. The third kappa shape index (κ3) is 5.37. The summed E-state index contributed by atoms with van der Waals surface area (Å²) < 4.78 is 26.4. The van der Waals surface area contributed by atoms with Gasteiger partial charge in [-0.15, -0.1) is 0 Å². The number of aliphatic hydroxyl groups excluding tert-OH is 11. The maximum absolute atomic E-state index is 10.8. The van der Waals surface area contributed by atoms with Crippen molar-refractivity contribution in [2.24, 2.45) is 0 Å². The van der Waals surface area contributed by atoms with Crippen molar-refractivity contribution < 1.29 is 79.9 Å². The Hall–Kier alpha value is -0.640. The summed E-state index contributed by atoms with van der Waals surface area (Å²) in [5, 5.41) is 109. The minimum atomic E-state index is -1.90. The van der Waals surface area contributed by atoms with Crippen molar-refractivity contribution in [3.63, 3.8) is 0 Å². The molecule has 3 rings (SSSR count). The van der Waals surface area contributed by atoms with Crippen molar-refractivity contribution in [1.29, 1.82) is 0 Å². The van der Waals surface area contributed by atoms with Crippen LogP contribution in [0.2, 0.25) is 0 Å². The molecule has 3 aliphatic heterocycles. The molecule has 0 unspecified atom stereocenters. The van der Waals surface area contributed by atoms with Crippen molar-refractivity contribution in [2.75, 3.05) is 19.8 Å². The summed E-state index contributed by atoms with van der Waals surface area (Å²) >= 11 is 0. The van der Waals surface area contributed by atoms with E-state index in [0.29, 0.717) is 0 Å². The summed E-state index contributed by atoms with van der Waals surface area (Å²) in [7, 11) is 0. The van der Waals surface area contributed by atoms with E-state index >= 15 is 0 Å². The molecular formula is C18H32O16. The molecule has 0 aromatic carbocycles. The highest BCUT2D eigenvalue weighted by Gasteiger charge is 2.53. The van der Waals surface area contributed by atoms with Gasteiger partial charge in [-0.1, -0.05) is 0 Å². The number of hydrogen-bond acceptors (Lipinski definition) is 16. The molecule has 3 aliphatic rings. The molecular weight excluding hydrogens is 472 g/mol. The lowest BCUT2D eigenvalue weighted by molar-refractivity contribution is -0.378. The van der Waals surface area contributed by atoms with Crippen molar-refractivity contribution in [2.45, 2.75) is 92.1 Å². The van der Waals surface area contributed by atoms with Crippen LogP contribution in [0.25, 0.3) is 0 Å². The third-order valence-electron chi connectivity index (χ3n) is 6.09. The van der Waals surface area contributed by atoms with Gasteiger partial charge in [0.15, 0.2) is 18.9 Å². The molecule has 3 heterocycles. The van der Waals surface area contributed by atoms with Crippen LogP contribution < -0.4 is 0 Å². The van der Waals surface area contributed by atoms with Crippen molar-refractivity contribution in [3.8, 4) is 0 Å². The molecule has 0 spiro atoms. The van der Waals surface area contributed by atoms with E-state index in [1.165, 1.54) is 0 Å². The predicted molar refractivity (Wildman–Crippen MR) is 101 cm³/mol. The van der Waals surface area contributed by atoms with Crippen LogP contribution >= 0.6 is 0 Å². The van der Waals surface area contributed by atoms with Crippen LogP contribution in [0, 0.1) is 0 Å². The lowest BCUT2D eigenvalue weighted by Crippen LogP contribution is -2.66. The van der Waals surface area contributed by atoms with Gasteiger partial charge in [0.05, 0.1) is 19.8 Å². The Morgan fingerprint density at radius 2 is 0.941 bits per heavy atom. The molecule has 200 valence electrons. The molecule has 0 radical (unpaired) electrons. The fourth-order valence-electron chi connectivity index (χ4n) is 4.05. The van der Waals surface area contributed by atoms with Crippen LogP contribution in [-0.2, 0) is 23.7 Å². The molecule has 0 bridgehead atoms. The molecule has 0 saturated carbocycles. The Balaban J connectivity index is 1.78. The molecule has 0 aromatic heterocycles. The van der Waals surface area contributed by atoms with E-state index in [-0.39, 0.29) is 0 Å². The SMILES string of the molecule is OC[C@H]1O[C@H](O[C@@H]2[C@@H](O)[C@@H](O[C@H]3[C@H](O)[C@@H](O)[C@@H](O)O[C@@H]3CO)O[C@H](CO)[C@H]2O)[C@H](O)[C@@H](O)[C@@H]1O. The summed E-state index contributed by atoms with van der Waals surface area (Å²) in [6, 6.07) is 0. The highest BCUT2D eigenvalue weighted by molar-refractivity contribution is 4.96. The van der Waals surface area contributed by atoms with Gasteiger partial charge in [0.25, 0.3) is 0 Å². The Bertz CT molecular complexity index is 637. The normalized spacial score (nSPS) is 52.5. The van der Waals surface area contributed by atoms with Crippen LogP contribution in [0.15, 0.2) is 0 Å². The smallest absolute Gasteiger partial charge is 0.187 e. The molecule has 16 heteroatoms. The average Bonchev–Trinajstić information content (AvgIpc) is 2.83. The Morgan fingerprint density at radius 3 is 1.50 bits per heavy atom. The number of ether oxygens (including phenoxy) is 5. The van der Waals surface area contributed by atoms with Gasteiger partial charge in [-0.25, -0.2) is 0 Å². The Labute approximate surface area is 192 Å². The molecule has 0 amide bonds. The van der Waals surface area contributed by atoms with Crippen LogP contribution in [0.1, 0.15) is 0 Å². The first-order chi connectivity index (χ1) is 16.0. The standard InChI is InChI=1S/C18H32O16/c19-1-4-7(22)9(24)12(27)17(31-4)34-15-8(23)5(2-20)32-18(13(15)28)33-14-6(3-21)30-16(29)11(26)10(14)25/h4-29H,1-3H2/t4-,5-,6-,7-,8-,9+,10-,11-,12-,13-,14-,15+,16+,17-,18-/m1/s1. The van der Waals surface area contributed by atoms with Gasteiger partial charge in [-0.2, -0.15) is 0 Å². The molecule has 0 aliphatic carbocycles. The zero-order valence-corrected chi connectivity index (χ0v) is 17.7. The molecule has 3 saturated heterocycles. The van der Waals surface area contributed by atoms with Gasteiger partial charge in [0.1, 0.15) is 73.2 Å². The zero-order chi connectivity index (χ0) is 25.3. The minimum Gasteiger partial charge on any atom is -0.394 e. The fraction of sp³-hybridized carbons (Fsp3) is 1.00. The van der Waals surface area contributed by atoms with Gasteiger partial charge in [-0.3, -0.25) is 0 Å². The summed E-state index contributed by atoms with van der Waals surface area (Å²) in [5.74, 6) is 0. The highest BCUT2D eigenvalue weighted by atomic mass is 16.7. The Kier molecular flexibility index (Phi) is 9.54. The van der Waals surface area contributed by atoms with E-state index in [0.717, 1.165) is 0 Å². The second kappa shape index (κ2) is 11.6. The lowest BCUT2D eigenvalue weighted by Gasteiger charge is -2.47. The zero-order valence-electron chi connectivity index (χ0n) is 17.7. The number of rotatable bonds is 7. The van der Waals surface area contributed by atoms with Crippen molar-refractivity contribution in [1.82, 2.24) is 0 Å². The highest BCUT2D eigenvalue weighted by Crippen LogP contribution is 2.32. The Morgan fingerprint density at radius 1 is 0.441 bits per heavy atom. The minimum absolute atomic E-state index is 0.759. The number of aliphatic hydroxyl groups is 11. The van der Waals surface area contributed by atoms with E-state index in [2.05, 4.69) is 0 Å². The summed E-state index contributed by atoms with van der Waals surface area (Å²) in [6.45, 7) is -2.34. The summed E-state index contributed by atoms with van der Waals surface area (Å²) in [5.41, 5.74) is 0. The van der Waals surface area contributed by atoms with E-state index in [4.69, 9.17) is 23.7 Å². The molecule has 15 atom stereocenters. The topological polar surface area (TPSA) is 269 Å². The van der Waals surface area contributed by atoms with Crippen LogP contribution in [0.3, 0.4) is 0 Å². The average molecular weight is 504 g/mol. The molecule has 16 nitrogen and oxygen atoms in total.